The van der Waals surface area contributed by atoms with E-state index in [2.05, 4.69) is 17.0 Å². The van der Waals surface area contributed by atoms with Gasteiger partial charge in [-0.15, -0.1) is 0 Å². The summed E-state index contributed by atoms with van der Waals surface area (Å²) in [5, 5.41) is 41.3. The summed E-state index contributed by atoms with van der Waals surface area (Å²) in [6, 6.07) is 14.1. The van der Waals surface area contributed by atoms with Gasteiger partial charge in [0.05, 0.1) is 12.9 Å². The smallest absolute Gasteiger partial charge is 0.133 e. The first kappa shape index (κ1) is 20.5. The van der Waals surface area contributed by atoms with Crippen molar-refractivity contribution >= 4 is 16.7 Å². The Morgan fingerprint density at radius 3 is 2.68 bits per heavy atom. The maximum atomic E-state index is 10.5. The highest BCUT2D eigenvalue weighted by molar-refractivity contribution is 5.77. The molecule has 5 rings (SSSR count). The summed E-state index contributed by atoms with van der Waals surface area (Å²) < 4.78 is 11.2. The molecule has 1 saturated heterocycles. The first-order valence-electron chi connectivity index (χ1n) is 10.7. The standard InChI is InChI=1S/C24H27NO6/c26-13-20-21(27)22(28)23(29)24(31-20)17-5-4-15-2-1-8-25(18(15)11-17)12-14-3-6-19-16(10-14)7-9-30-19/h3-7,9-11,20-24,26-29H,1-2,8,12-13H2/t20-,21-,22+,23-,24+/m1/s1. The minimum absolute atomic E-state index is 0.436. The third kappa shape index (κ3) is 3.73. The van der Waals surface area contributed by atoms with Crippen molar-refractivity contribution in [2.75, 3.05) is 18.1 Å². The normalized spacial score (nSPS) is 28.6. The van der Waals surface area contributed by atoms with Crippen molar-refractivity contribution in [3.63, 3.8) is 0 Å². The highest BCUT2D eigenvalue weighted by atomic mass is 16.5. The molecule has 4 N–H and O–H groups in total. The Balaban J connectivity index is 1.44. The summed E-state index contributed by atoms with van der Waals surface area (Å²) in [6.45, 7) is 1.22. The second-order valence-electron chi connectivity index (χ2n) is 8.46. The number of aliphatic hydroxyl groups is 4. The van der Waals surface area contributed by atoms with Crippen LogP contribution in [-0.4, -0.2) is 58.0 Å². The van der Waals surface area contributed by atoms with Crippen molar-refractivity contribution in [2.45, 2.75) is 49.9 Å². The molecule has 7 nitrogen and oxygen atoms in total. The Morgan fingerprint density at radius 1 is 0.968 bits per heavy atom. The van der Waals surface area contributed by atoms with Gasteiger partial charge in [-0.1, -0.05) is 18.2 Å². The topological polar surface area (TPSA) is 107 Å². The molecule has 2 aliphatic heterocycles. The fourth-order valence-electron chi connectivity index (χ4n) is 4.72. The number of fused-ring (bicyclic) bond motifs is 2. The van der Waals surface area contributed by atoms with Crippen LogP contribution in [0.4, 0.5) is 5.69 Å². The number of anilines is 1. The van der Waals surface area contributed by atoms with Gasteiger partial charge < -0.3 is 34.5 Å². The molecule has 1 fully saturated rings. The minimum Gasteiger partial charge on any atom is -0.464 e. The van der Waals surface area contributed by atoms with Gasteiger partial charge in [-0.05, 0) is 53.8 Å². The van der Waals surface area contributed by atoms with Crippen LogP contribution in [0.2, 0.25) is 0 Å². The molecule has 31 heavy (non-hydrogen) atoms. The van der Waals surface area contributed by atoms with E-state index in [0.717, 1.165) is 42.6 Å². The molecule has 0 spiro atoms. The van der Waals surface area contributed by atoms with E-state index in [1.54, 1.807) is 6.26 Å². The van der Waals surface area contributed by atoms with Gasteiger partial charge in [-0.3, -0.25) is 0 Å². The molecule has 164 valence electrons. The van der Waals surface area contributed by atoms with Crippen molar-refractivity contribution in [3.8, 4) is 0 Å². The molecule has 0 aliphatic carbocycles. The van der Waals surface area contributed by atoms with Crippen molar-refractivity contribution in [1.82, 2.24) is 0 Å². The number of hydrogen-bond acceptors (Lipinski definition) is 7. The second-order valence-corrected chi connectivity index (χ2v) is 8.46. The van der Waals surface area contributed by atoms with Gasteiger partial charge in [0.15, 0.2) is 0 Å². The zero-order chi connectivity index (χ0) is 21.5. The number of hydrogen-bond donors (Lipinski definition) is 4. The number of rotatable bonds is 4. The Morgan fingerprint density at radius 2 is 1.84 bits per heavy atom. The van der Waals surface area contributed by atoms with Crippen LogP contribution in [0.3, 0.4) is 0 Å². The third-order valence-corrected chi connectivity index (χ3v) is 6.44. The van der Waals surface area contributed by atoms with Crippen LogP contribution in [0.25, 0.3) is 11.0 Å². The monoisotopic (exact) mass is 425 g/mol. The molecular weight excluding hydrogens is 398 g/mol. The van der Waals surface area contributed by atoms with Crippen molar-refractivity contribution in [3.05, 3.63) is 65.4 Å². The summed E-state index contributed by atoms with van der Waals surface area (Å²) in [7, 11) is 0. The number of nitrogens with zero attached hydrogens (tertiary/aromatic N) is 1. The molecule has 0 unspecified atom stereocenters. The van der Waals surface area contributed by atoms with Gasteiger partial charge in [-0.25, -0.2) is 0 Å². The Labute approximate surface area is 180 Å². The van der Waals surface area contributed by atoms with Crippen LogP contribution in [0.15, 0.2) is 53.1 Å². The van der Waals surface area contributed by atoms with E-state index in [1.165, 1.54) is 11.1 Å². The second kappa shape index (κ2) is 8.26. The zero-order valence-corrected chi connectivity index (χ0v) is 17.1. The molecule has 1 aromatic heterocycles. The quantitative estimate of drug-likeness (QED) is 0.506. The van der Waals surface area contributed by atoms with Gasteiger partial charge in [0, 0.05) is 24.2 Å². The lowest BCUT2D eigenvalue weighted by Crippen LogP contribution is -2.55. The highest BCUT2D eigenvalue weighted by Gasteiger charge is 2.44. The molecule has 5 atom stereocenters. The van der Waals surface area contributed by atoms with Crippen LogP contribution in [0.1, 0.15) is 29.2 Å². The molecule has 2 aliphatic rings. The van der Waals surface area contributed by atoms with Crippen molar-refractivity contribution < 1.29 is 29.6 Å². The summed E-state index contributed by atoms with van der Waals surface area (Å²) >= 11 is 0. The molecule has 3 heterocycles. The molecule has 0 radical (unpaired) electrons. The number of aliphatic hydroxyl groups excluding tert-OH is 4. The predicted molar refractivity (Wildman–Crippen MR) is 115 cm³/mol. The summed E-state index contributed by atoms with van der Waals surface area (Å²) in [6.07, 6.45) is -2.05. The van der Waals surface area contributed by atoms with Crippen LogP contribution in [0.5, 0.6) is 0 Å². The Kier molecular flexibility index (Phi) is 5.45. The molecule has 0 saturated carbocycles. The summed E-state index contributed by atoms with van der Waals surface area (Å²) in [4.78, 5) is 2.31. The fraction of sp³-hybridized carbons (Fsp3) is 0.417. The molecule has 0 amide bonds. The largest absolute Gasteiger partial charge is 0.464 e. The lowest BCUT2D eigenvalue weighted by atomic mass is 9.89. The average molecular weight is 425 g/mol. The molecule has 3 aromatic rings. The average Bonchev–Trinajstić information content (AvgIpc) is 3.26. The van der Waals surface area contributed by atoms with E-state index in [0.29, 0.717) is 5.56 Å². The predicted octanol–water partition coefficient (Wildman–Crippen LogP) is 1.90. The van der Waals surface area contributed by atoms with E-state index in [1.807, 2.05) is 30.3 Å². The number of aryl methyl sites for hydroxylation is 1. The first-order valence-corrected chi connectivity index (χ1v) is 10.7. The SMILES string of the molecule is OC[C@H]1O[C@@H](c2ccc3c(c2)N(Cc2ccc4occc4c2)CCC3)[C@H](O)[C@@H](O)[C@@H]1O. The number of benzene rings is 2. The van der Waals surface area contributed by atoms with E-state index in [9.17, 15) is 20.4 Å². The van der Waals surface area contributed by atoms with E-state index >= 15 is 0 Å². The summed E-state index contributed by atoms with van der Waals surface area (Å²) in [5.41, 5.74) is 5.07. The zero-order valence-electron chi connectivity index (χ0n) is 17.1. The molecule has 2 aromatic carbocycles. The van der Waals surface area contributed by atoms with Crippen molar-refractivity contribution in [2.24, 2.45) is 0 Å². The molecule has 0 bridgehead atoms. The lowest BCUT2D eigenvalue weighted by molar-refractivity contribution is -0.231. The molecular formula is C24H27NO6. The number of ether oxygens (including phenoxy) is 1. The van der Waals surface area contributed by atoms with Gasteiger partial charge >= 0.3 is 0 Å². The highest BCUT2D eigenvalue weighted by Crippen LogP contribution is 2.37. The van der Waals surface area contributed by atoms with E-state index in [4.69, 9.17) is 9.15 Å². The van der Waals surface area contributed by atoms with Gasteiger partial charge in [0.2, 0.25) is 0 Å². The van der Waals surface area contributed by atoms with Gasteiger partial charge in [0.1, 0.15) is 36.1 Å². The van der Waals surface area contributed by atoms with E-state index in [-0.39, 0.29) is 0 Å². The Bertz CT molecular complexity index is 1060. The third-order valence-electron chi connectivity index (χ3n) is 6.44. The van der Waals surface area contributed by atoms with E-state index < -0.39 is 37.1 Å². The molecule has 7 heteroatoms. The maximum absolute atomic E-state index is 10.5. The fourth-order valence-corrected chi connectivity index (χ4v) is 4.72. The minimum atomic E-state index is -1.38. The summed E-state index contributed by atoms with van der Waals surface area (Å²) in [5.74, 6) is 0. The number of furan rings is 1. The van der Waals surface area contributed by atoms with Crippen LogP contribution < -0.4 is 4.90 Å². The first-order chi connectivity index (χ1) is 15.0. The van der Waals surface area contributed by atoms with Gasteiger partial charge in [-0.2, -0.15) is 0 Å². The lowest BCUT2D eigenvalue weighted by Gasteiger charge is -2.41. The maximum Gasteiger partial charge on any atom is 0.133 e. The Hall–Kier alpha value is -2.42. The van der Waals surface area contributed by atoms with Crippen LogP contribution in [0, 0.1) is 0 Å². The van der Waals surface area contributed by atoms with Crippen LogP contribution in [-0.2, 0) is 17.7 Å². The van der Waals surface area contributed by atoms with Gasteiger partial charge in [0.25, 0.3) is 0 Å². The van der Waals surface area contributed by atoms with Crippen molar-refractivity contribution in [1.29, 1.82) is 0 Å². The van der Waals surface area contributed by atoms with Crippen LogP contribution >= 0.6 is 0 Å².